The van der Waals surface area contributed by atoms with E-state index >= 15 is 0 Å². The van der Waals surface area contributed by atoms with Crippen molar-refractivity contribution in [1.82, 2.24) is 5.32 Å². The van der Waals surface area contributed by atoms with Crippen LogP contribution >= 0.6 is 0 Å². The summed E-state index contributed by atoms with van der Waals surface area (Å²) in [5, 5.41) is 24.3. The van der Waals surface area contributed by atoms with Crippen molar-refractivity contribution in [3.05, 3.63) is 59.7 Å². The van der Waals surface area contributed by atoms with Crippen LogP contribution in [0.2, 0.25) is 0 Å². The highest BCUT2D eigenvalue weighted by Gasteiger charge is 2.21. The normalized spacial score (nSPS) is 11.3. The first-order chi connectivity index (χ1) is 14.6. The van der Waals surface area contributed by atoms with Crippen molar-refractivity contribution < 1.29 is 24.2 Å². The minimum absolute atomic E-state index is 0.0511. The SMILES string of the molecule is CC(C)OC(=O)N[C@@H](Cc1ccc(NC(=O)c2cccc(NC(=N)N)c2)cc1)C(=O)O. The maximum absolute atomic E-state index is 12.5. The molecular formula is C21H25N5O5. The van der Waals surface area contributed by atoms with E-state index < -0.39 is 18.1 Å². The Balaban J connectivity index is 2.01. The predicted molar refractivity (Wildman–Crippen MR) is 116 cm³/mol. The molecule has 0 aromatic heterocycles. The smallest absolute Gasteiger partial charge is 0.408 e. The highest BCUT2D eigenvalue weighted by molar-refractivity contribution is 6.05. The second-order valence-corrected chi connectivity index (χ2v) is 6.96. The van der Waals surface area contributed by atoms with Crippen LogP contribution in [-0.4, -0.2) is 41.2 Å². The number of anilines is 2. The van der Waals surface area contributed by atoms with Gasteiger partial charge in [-0.3, -0.25) is 10.2 Å². The summed E-state index contributed by atoms with van der Waals surface area (Å²) in [6.45, 7) is 3.33. The monoisotopic (exact) mass is 427 g/mol. The molecule has 0 radical (unpaired) electrons. The fourth-order valence-corrected chi connectivity index (χ4v) is 2.65. The van der Waals surface area contributed by atoms with E-state index in [0.717, 1.165) is 0 Å². The summed E-state index contributed by atoms with van der Waals surface area (Å²) >= 11 is 0. The van der Waals surface area contributed by atoms with Crippen LogP contribution in [0.1, 0.15) is 29.8 Å². The summed E-state index contributed by atoms with van der Waals surface area (Å²) < 4.78 is 4.92. The Bertz CT molecular complexity index is 959. The molecule has 0 aliphatic carbocycles. The van der Waals surface area contributed by atoms with Crippen molar-refractivity contribution in [2.45, 2.75) is 32.4 Å². The van der Waals surface area contributed by atoms with E-state index in [-0.39, 0.29) is 24.4 Å². The highest BCUT2D eigenvalue weighted by Crippen LogP contribution is 2.15. The lowest BCUT2D eigenvalue weighted by molar-refractivity contribution is -0.139. The number of ether oxygens (including phenoxy) is 1. The number of rotatable bonds is 8. The molecule has 0 aliphatic heterocycles. The zero-order chi connectivity index (χ0) is 23.0. The molecule has 10 nitrogen and oxygen atoms in total. The molecule has 2 amide bonds. The van der Waals surface area contributed by atoms with Crippen molar-refractivity contribution in [3.63, 3.8) is 0 Å². The number of alkyl carbamates (subject to hydrolysis) is 1. The largest absolute Gasteiger partial charge is 0.480 e. The van der Waals surface area contributed by atoms with Crippen LogP contribution in [-0.2, 0) is 16.0 Å². The maximum atomic E-state index is 12.5. The summed E-state index contributed by atoms with van der Waals surface area (Å²) in [6.07, 6.45) is -1.11. The Morgan fingerprint density at radius 3 is 2.32 bits per heavy atom. The van der Waals surface area contributed by atoms with Crippen LogP contribution in [0.15, 0.2) is 48.5 Å². The molecule has 164 valence electrons. The molecule has 0 unspecified atom stereocenters. The number of guanidine groups is 1. The van der Waals surface area contributed by atoms with Gasteiger partial charge in [0.2, 0.25) is 0 Å². The molecule has 2 aromatic carbocycles. The third-order valence-corrected chi connectivity index (χ3v) is 3.99. The van der Waals surface area contributed by atoms with Gasteiger partial charge in [0.25, 0.3) is 5.91 Å². The number of carbonyl (C=O) groups excluding carboxylic acids is 2. The minimum Gasteiger partial charge on any atom is -0.480 e. The number of nitrogens with two attached hydrogens (primary N) is 1. The number of hydrogen-bond acceptors (Lipinski definition) is 5. The van der Waals surface area contributed by atoms with E-state index in [1.165, 1.54) is 0 Å². The molecule has 0 fully saturated rings. The summed E-state index contributed by atoms with van der Waals surface area (Å²) in [6, 6.07) is 12.0. The molecule has 2 rings (SSSR count). The van der Waals surface area contributed by atoms with Gasteiger partial charge in [0, 0.05) is 23.4 Å². The number of aliphatic carboxylic acids is 1. The summed E-state index contributed by atoms with van der Waals surface area (Å²) in [4.78, 5) is 35.6. The average Bonchev–Trinajstić information content (AvgIpc) is 2.68. The van der Waals surface area contributed by atoms with Crippen LogP contribution < -0.4 is 21.7 Å². The molecule has 0 saturated carbocycles. The van der Waals surface area contributed by atoms with Crippen molar-refractivity contribution in [3.8, 4) is 0 Å². The van der Waals surface area contributed by atoms with Crippen LogP contribution in [0.5, 0.6) is 0 Å². The molecule has 1 atom stereocenters. The number of benzene rings is 2. The second-order valence-electron chi connectivity index (χ2n) is 6.96. The number of hydrogen-bond donors (Lipinski definition) is 6. The van der Waals surface area contributed by atoms with Gasteiger partial charge in [-0.2, -0.15) is 0 Å². The number of carboxylic acid groups (broad SMARTS) is 1. The van der Waals surface area contributed by atoms with Crippen LogP contribution in [0.4, 0.5) is 16.2 Å². The van der Waals surface area contributed by atoms with Crippen molar-refractivity contribution in [2.24, 2.45) is 5.73 Å². The third-order valence-electron chi connectivity index (χ3n) is 3.99. The van der Waals surface area contributed by atoms with Gasteiger partial charge in [0.15, 0.2) is 5.96 Å². The molecule has 0 heterocycles. The Morgan fingerprint density at radius 1 is 1.06 bits per heavy atom. The van der Waals surface area contributed by atoms with E-state index in [1.807, 2.05) is 0 Å². The van der Waals surface area contributed by atoms with E-state index in [2.05, 4.69) is 16.0 Å². The van der Waals surface area contributed by atoms with Gasteiger partial charge in [0.1, 0.15) is 6.04 Å². The Labute approximate surface area is 179 Å². The first-order valence-electron chi connectivity index (χ1n) is 9.45. The van der Waals surface area contributed by atoms with Gasteiger partial charge in [-0.15, -0.1) is 0 Å². The molecule has 7 N–H and O–H groups in total. The van der Waals surface area contributed by atoms with E-state index in [0.29, 0.717) is 22.5 Å². The molecule has 2 aromatic rings. The zero-order valence-electron chi connectivity index (χ0n) is 17.1. The Morgan fingerprint density at radius 2 is 1.74 bits per heavy atom. The lowest BCUT2D eigenvalue weighted by Gasteiger charge is -2.16. The third kappa shape index (κ3) is 7.69. The van der Waals surface area contributed by atoms with Gasteiger partial charge in [-0.25, -0.2) is 9.59 Å². The summed E-state index contributed by atoms with van der Waals surface area (Å²) in [5.74, 6) is -1.78. The van der Waals surface area contributed by atoms with Crippen molar-refractivity contribution in [1.29, 1.82) is 5.41 Å². The van der Waals surface area contributed by atoms with E-state index in [9.17, 15) is 19.5 Å². The van der Waals surface area contributed by atoms with Gasteiger partial charge < -0.3 is 31.5 Å². The first kappa shape index (κ1) is 23.2. The van der Waals surface area contributed by atoms with Crippen LogP contribution in [0, 0.1) is 5.41 Å². The molecule has 0 bridgehead atoms. The highest BCUT2D eigenvalue weighted by atomic mass is 16.6. The first-order valence-corrected chi connectivity index (χ1v) is 9.45. The van der Waals surface area contributed by atoms with Crippen LogP contribution in [0.3, 0.4) is 0 Å². The lowest BCUT2D eigenvalue weighted by atomic mass is 10.1. The number of amides is 2. The minimum atomic E-state index is -1.18. The standard InChI is InChI=1S/C21H25N5O5/c1-12(2)31-21(30)26-17(19(28)29)10-13-6-8-15(9-7-13)24-18(27)14-4-3-5-16(11-14)25-20(22)23/h3-9,11-12,17H,10H2,1-2H3,(H,24,27)(H,26,30)(H,28,29)(H4,22,23,25)/t17-/m0/s1. The van der Waals surface area contributed by atoms with Crippen molar-refractivity contribution >= 4 is 35.3 Å². The van der Waals surface area contributed by atoms with Crippen molar-refractivity contribution in [2.75, 3.05) is 10.6 Å². The Kier molecular flexibility index (Phi) is 7.95. The lowest BCUT2D eigenvalue weighted by Crippen LogP contribution is -2.43. The average molecular weight is 427 g/mol. The molecular weight excluding hydrogens is 402 g/mol. The molecule has 0 saturated heterocycles. The topological polar surface area (TPSA) is 167 Å². The second kappa shape index (κ2) is 10.6. The number of carboxylic acids is 1. The number of carbonyl (C=O) groups is 3. The zero-order valence-corrected chi connectivity index (χ0v) is 17.1. The van der Waals surface area contributed by atoms with Crippen LogP contribution in [0.25, 0.3) is 0 Å². The molecule has 31 heavy (non-hydrogen) atoms. The maximum Gasteiger partial charge on any atom is 0.408 e. The van der Waals surface area contributed by atoms with Gasteiger partial charge in [-0.05, 0) is 49.7 Å². The molecule has 0 aliphatic rings. The molecule has 10 heteroatoms. The Hall–Kier alpha value is -4.08. The number of nitrogens with one attached hydrogen (secondary N) is 4. The quantitative estimate of drug-likeness (QED) is 0.278. The fraction of sp³-hybridized carbons (Fsp3) is 0.238. The summed E-state index contributed by atoms with van der Waals surface area (Å²) in [7, 11) is 0. The van der Waals surface area contributed by atoms with Gasteiger partial charge in [-0.1, -0.05) is 18.2 Å². The van der Waals surface area contributed by atoms with E-state index in [4.69, 9.17) is 15.9 Å². The van der Waals surface area contributed by atoms with Gasteiger partial charge in [0.05, 0.1) is 6.10 Å². The van der Waals surface area contributed by atoms with Gasteiger partial charge >= 0.3 is 12.1 Å². The summed E-state index contributed by atoms with van der Waals surface area (Å²) in [5.41, 5.74) is 7.34. The predicted octanol–water partition coefficient (Wildman–Crippen LogP) is 2.37. The van der Waals surface area contributed by atoms with E-state index in [1.54, 1.807) is 62.4 Å². The molecule has 0 spiro atoms. The fourth-order valence-electron chi connectivity index (χ4n) is 2.65.